The summed E-state index contributed by atoms with van der Waals surface area (Å²) in [4.78, 5) is 11.8. The Balaban J connectivity index is -0.0000000929. The van der Waals surface area contributed by atoms with E-state index in [1.54, 1.807) is 36.5 Å². The molecule has 0 amide bonds. The summed E-state index contributed by atoms with van der Waals surface area (Å²) in [5.41, 5.74) is 1.65. The average molecular weight is 391 g/mol. The van der Waals surface area contributed by atoms with Crippen molar-refractivity contribution in [1.29, 1.82) is 0 Å². The van der Waals surface area contributed by atoms with E-state index in [0.717, 1.165) is 5.57 Å². The van der Waals surface area contributed by atoms with Gasteiger partial charge < -0.3 is 0 Å². The molecule has 0 unspecified atom stereocenters. The maximum atomic E-state index is 11.8. The first kappa shape index (κ1) is 40.5. The van der Waals surface area contributed by atoms with Gasteiger partial charge in [-0.2, -0.15) is 0 Å². The van der Waals surface area contributed by atoms with Crippen molar-refractivity contribution in [2.24, 2.45) is 0 Å². The van der Waals surface area contributed by atoms with Crippen molar-refractivity contribution >= 4 is 5.78 Å². The van der Waals surface area contributed by atoms with Gasteiger partial charge in [-0.1, -0.05) is 117 Å². The Bertz CT molecular complexity index is 441. The van der Waals surface area contributed by atoms with Gasteiger partial charge in [0.1, 0.15) is 0 Å². The first-order valence-electron chi connectivity index (χ1n) is 10.6. The number of rotatable bonds is 6. The molecule has 0 atom stereocenters. The highest BCUT2D eigenvalue weighted by atomic mass is 16.1. The normalized spacial score (nSPS) is 9.86. The number of ketones is 1. The van der Waals surface area contributed by atoms with Crippen LogP contribution in [0.25, 0.3) is 0 Å². The fourth-order valence-electron chi connectivity index (χ4n) is 1.26. The van der Waals surface area contributed by atoms with E-state index in [9.17, 15) is 4.79 Å². The molecule has 0 aliphatic carbocycles. The molecular formula is C27H50O. The van der Waals surface area contributed by atoms with Gasteiger partial charge in [-0.3, -0.25) is 4.79 Å². The van der Waals surface area contributed by atoms with E-state index < -0.39 is 0 Å². The molecule has 0 bridgehead atoms. The Kier molecular flexibility index (Phi) is 72.0. The third kappa shape index (κ3) is 39.1. The highest BCUT2D eigenvalue weighted by Gasteiger charge is 1.99. The van der Waals surface area contributed by atoms with Crippen molar-refractivity contribution in [3.63, 3.8) is 0 Å². The molecule has 0 saturated heterocycles. The first-order chi connectivity index (χ1) is 13.6. The van der Waals surface area contributed by atoms with Gasteiger partial charge >= 0.3 is 0 Å². The van der Waals surface area contributed by atoms with Gasteiger partial charge in [0.25, 0.3) is 0 Å². The molecule has 0 saturated carbocycles. The number of hydrogen-bond donors (Lipinski definition) is 0. The second-order valence-corrected chi connectivity index (χ2v) is 3.75. The Labute approximate surface area is 179 Å². The van der Waals surface area contributed by atoms with E-state index in [4.69, 9.17) is 0 Å². The zero-order valence-corrected chi connectivity index (χ0v) is 21.1. The van der Waals surface area contributed by atoms with Gasteiger partial charge in [-0.05, 0) is 39.3 Å². The van der Waals surface area contributed by atoms with Crippen LogP contribution in [-0.4, -0.2) is 5.78 Å². The third-order valence-corrected chi connectivity index (χ3v) is 2.04. The number of carbonyl (C=O) groups excluding carboxylic acids is 1. The largest absolute Gasteiger partial charge is 0.289 e. The highest BCUT2D eigenvalue weighted by molar-refractivity contribution is 6.06. The summed E-state index contributed by atoms with van der Waals surface area (Å²) in [7, 11) is 0. The van der Waals surface area contributed by atoms with Crippen LogP contribution in [0.2, 0.25) is 0 Å². The Morgan fingerprint density at radius 3 is 1.32 bits per heavy atom. The Morgan fingerprint density at radius 2 is 1.04 bits per heavy atom. The van der Waals surface area contributed by atoms with Crippen molar-refractivity contribution in [2.75, 3.05) is 0 Å². The Hall–Kier alpha value is -2.15. The maximum Gasteiger partial charge on any atom is 0.185 e. The third-order valence-electron chi connectivity index (χ3n) is 2.04. The summed E-state index contributed by atoms with van der Waals surface area (Å²) in [5.74, 6) is 0.00469. The highest BCUT2D eigenvalue weighted by Crippen LogP contribution is 2.04. The zero-order valence-electron chi connectivity index (χ0n) is 21.1. The van der Waals surface area contributed by atoms with Crippen LogP contribution in [0.1, 0.15) is 83.1 Å². The van der Waals surface area contributed by atoms with E-state index in [-0.39, 0.29) is 5.78 Å². The van der Waals surface area contributed by atoms with Crippen LogP contribution in [-0.2, 0) is 4.79 Å². The predicted octanol–water partition coefficient (Wildman–Crippen LogP) is 9.62. The van der Waals surface area contributed by atoms with E-state index in [0.29, 0.717) is 5.57 Å². The van der Waals surface area contributed by atoms with Crippen LogP contribution < -0.4 is 0 Å². The van der Waals surface area contributed by atoms with Crippen molar-refractivity contribution in [3.05, 3.63) is 85.1 Å². The molecule has 0 aromatic heterocycles. The number of carbonyl (C=O) groups is 1. The fourth-order valence-corrected chi connectivity index (χ4v) is 1.26. The summed E-state index contributed by atoms with van der Waals surface area (Å²) in [6.07, 6.45) is 18.0. The lowest BCUT2D eigenvalue weighted by molar-refractivity contribution is -0.111. The van der Waals surface area contributed by atoms with Crippen LogP contribution in [0.5, 0.6) is 0 Å². The SMILES string of the molecule is C=C/C=C(\C=C/C)/C=C/C(=O)C(/C=C\C)=C/C.C=CC.CC.CC.CC.CC. The van der Waals surface area contributed by atoms with Gasteiger partial charge in [0.15, 0.2) is 5.78 Å². The van der Waals surface area contributed by atoms with Crippen LogP contribution in [0.15, 0.2) is 85.1 Å². The van der Waals surface area contributed by atoms with Crippen LogP contribution in [0.3, 0.4) is 0 Å². The molecule has 0 aromatic carbocycles. The molecule has 0 aliphatic heterocycles. The van der Waals surface area contributed by atoms with Gasteiger partial charge in [0.05, 0.1) is 0 Å². The maximum absolute atomic E-state index is 11.8. The Morgan fingerprint density at radius 1 is 0.643 bits per heavy atom. The van der Waals surface area contributed by atoms with Crippen molar-refractivity contribution in [2.45, 2.75) is 83.1 Å². The lowest BCUT2D eigenvalue weighted by Crippen LogP contribution is -1.95. The topological polar surface area (TPSA) is 17.1 Å². The minimum Gasteiger partial charge on any atom is -0.289 e. The lowest BCUT2D eigenvalue weighted by atomic mass is 10.1. The molecule has 0 fully saturated rings. The molecule has 0 heterocycles. The standard InChI is InChI=1S/C16H20O.C3H6.4C2H6/c1-5-9-14(10-6-2)12-13-16(17)15(8-4)11-7-3;1-3-2;4*1-2/h5-13H,1H2,2-4H3;3H,1H2,2H3;4*1-2H3/b10-6-,11-7-,13-12+,14-9+,15-8+;;;;;. The summed E-state index contributed by atoms with van der Waals surface area (Å²) in [6, 6.07) is 0. The van der Waals surface area contributed by atoms with Crippen LogP contribution in [0, 0.1) is 0 Å². The monoisotopic (exact) mass is 390 g/mol. The summed E-state index contributed by atoms with van der Waals surface area (Å²) < 4.78 is 0. The molecule has 0 aromatic rings. The molecule has 28 heavy (non-hydrogen) atoms. The molecule has 1 nitrogen and oxygen atoms in total. The summed E-state index contributed by atoms with van der Waals surface area (Å²) in [6.45, 7) is 30.6. The molecule has 0 rings (SSSR count). The lowest BCUT2D eigenvalue weighted by Gasteiger charge is -1.95. The average Bonchev–Trinajstić information content (AvgIpc) is 2.76. The van der Waals surface area contributed by atoms with Crippen molar-refractivity contribution in [3.8, 4) is 0 Å². The minimum atomic E-state index is 0.00469. The molecule has 0 aliphatic rings. The first-order valence-corrected chi connectivity index (χ1v) is 10.6. The van der Waals surface area contributed by atoms with Crippen LogP contribution >= 0.6 is 0 Å². The molecule has 0 spiro atoms. The van der Waals surface area contributed by atoms with Gasteiger partial charge in [-0.15, -0.1) is 6.58 Å². The zero-order chi connectivity index (χ0) is 23.8. The molecular weight excluding hydrogens is 340 g/mol. The van der Waals surface area contributed by atoms with Gasteiger partial charge in [-0.25, -0.2) is 0 Å². The second-order valence-electron chi connectivity index (χ2n) is 3.75. The van der Waals surface area contributed by atoms with Crippen LogP contribution in [0.4, 0.5) is 0 Å². The molecule has 0 radical (unpaired) electrons. The van der Waals surface area contributed by atoms with E-state index in [1.165, 1.54) is 0 Å². The quantitative estimate of drug-likeness (QED) is 0.250. The molecule has 1 heteroatoms. The fraction of sp³-hybridized carbons (Fsp3) is 0.444. The predicted molar refractivity (Wildman–Crippen MR) is 137 cm³/mol. The van der Waals surface area contributed by atoms with Crippen molar-refractivity contribution < 1.29 is 4.79 Å². The van der Waals surface area contributed by atoms with E-state index >= 15 is 0 Å². The minimum absolute atomic E-state index is 0.00469. The number of hydrogen-bond acceptors (Lipinski definition) is 1. The second kappa shape index (κ2) is 49.8. The smallest absolute Gasteiger partial charge is 0.185 e. The van der Waals surface area contributed by atoms with Gasteiger partial charge in [0.2, 0.25) is 0 Å². The number of allylic oxidation sites excluding steroid dienone is 12. The summed E-state index contributed by atoms with van der Waals surface area (Å²) in [5, 5.41) is 0. The summed E-state index contributed by atoms with van der Waals surface area (Å²) >= 11 is 0. The van der Waals surface area contributed by atoms with Gasteiger partial charge in [0, 0.05) is 5.57 Å². The molecule has 164 valence electrons. The van der Waals surface area contributed by atoms with E-state index in [2.05, 4.69) is 13.2 Å². The molecule has 0 N–H and O–H groups in total. The van der Waals surface area contributed by atoms with E-state index in [1.807, 2.05) is 107 Å². The van der Waals surface area contributed by atoms with Crippen molar-refractivity contribution in [1.82, 2.24) is 0 Å².